The Labute approximate surface area is 199 Å². The van der Waals surface area contributed by atoms with E-state index in [1.807, 2.05) is 45.0 Å². The number of alkyl halides is 3. The number of nitrogens with zero attached hydrogens (tertiary/aromatic N) is 3. The number of benzene rings is 1. The zero-order valence-electron chi connectivity index (χ0n) is 19.7. The highest BCUT2D eigenvalue weighted by Gasteiger charge is 2.31. The Kier molecular flexibility index (Phi) is 6.56. The smallest absolute Gasteiger partial charge is 0.417 e. The molecule has 0 aliphatic carbocycles. The summed E-state index contributed by atoms with van der Waals surface area (Å²) in [5.41, 5.74) is 0.587. The highest BCUT2D eigenvalue weighted by Crippen LogP contribution is 2.32. The van der Waals surface area contributed by atoms with Crippen molar-refractivity contribution in [3.8, 4) is 11.6 Å². The molecule has 0 saturated carbocycles. The second-order valence-corrected chi connectivity index (χ2v) is 8.36. The van der Waals surface area contributed by atoms with Crippen LogP contribution in [-0.4, -0.2) is 27.3 Å². The second kappa shape index (κ2) is 9.44. The topological polar surface area (TPSA) is 82.2 Å². The van der Waals surface area contributed by atoms with Gasteiger partial charge in [0.05, 0.1) is 35.7 Å². The van der Waals surface area contributed by atoms with Gasteiger partial charge in [0.25, 0.3) is 5.91 Å². The molecule has 35 heavy (non-hydrogen) atoms. The van der Waals surface area contributed by atoms with Crippen LogP contribution in [0.3, 0.4) is 0 Å². The number of furan rings is 1. The number of pyridine rings is 1. The average molecular weight is 486 g/mol. The third kappa shape index (κ3) is 4.87. The summed E-state index contributed by atoms with van der Waals surface area (Å²) in [5.74, 6) is 0.836. The van der Waals surface area contributed by atoms with Crippen molar-refractivity contribution in [2.45, 2.75) is 45.8 Å². The molecule has 0 bridgehead atoms. The Morgan fingerprint density at radius 1 is 1.17 bits per heavy atom. The normalized spacial score (nSPS) is 12.8. The molecular formula is C25H25F3N4O3. The molecular weight excluding hydrogens is 461 g/mol. The van der Waals surface area contributed by atoms with Crippen LogP contribution in [0.1, 0.15) is 67.0 Å². The van der Waals surface area contributed by atoms with Crippen molar-refractivity contribution in [3.63, 3.8) is 0 Å². The molecule has 0 saturated heterocycles. The van der Waals surface area contributed by atoms with Gasteiger partial charge in [0.15, 0.2) is 17.2 Å². The van der Waals surface area contributed by atoms with Gasteiger partial charge in [-0.3, -0.25) is 4.79 Å². The van der Waals surface area contributed by atoms with Crippen LogP contribution in [0.2, 0.25) is 0 Å². The number of carbonyl (C=O) groups excluding carboxylic acids is 1. The number of rotatable bonds is 7. The molecule has 1 N–H and O–H groups in total. The Balaban J connectivity index is 1.60. The van der Waals surface area contributed by atoms with Gasteiger partial charge in [-0.2, -0.15) is 18.3 Å². The summed E-state index contributed by atoms with van der Waals surface area (Å²) in [6.07, 6.45) is -2.35. The monoisotopic (exact) mass is 486 g/mol. The standard InChI is InChI=1S/C25H25F3N4O3/c1-5-34-19-8-6-7-16-11-20(35-23(16)19)15(4)31-24(33)18-13-30-32(22(18)14(2)3)21-10-9-17(12-29-21)25(26,27)28/h6-15H,5H2,1-4H3,(H,31,33). The van der Waals surface area contributed by atoms with Crippen LogP contribution in [0, 0.1) is 0 Å². The molecule has 7 nitrogen and oxygen atoms in total. The van der Waals surface area contributed by atoms with Gasteiger partial charge < -0.3 is 14.5 Å². The molecule has 0 radical (unpaired) electrons. The predicted molar refractivity (Wildman–Crippen MR) is 124 cm³/mol. The first-order valence-corrected chi connectivity index (χ1v) is 11.2. The molecule has 1 amide bonds. The molecule has 1 aromatic carbocycles. The summed E-state index contributed by atoms with van der Waals surface area (Å²) in [5, 5.41) is 8.02. The second-order valence-electron chi connectivity index (χ2n) is 8.36. The molecule has 4 aromatic rings. The number of hydrogen-bond acceptors (Lipinski definition) is 5. The lowest BCUT2D eigenvalue weighted by molar-refractivity contribution is -0.137. The van der Waals surface area contributed by atoms with Crippen LogP contribution in [0.15, 0.2) is 53.2 Å². The number of nitrogens with one attached hydrogen (secondary N) is 1. The van der Waals surface area contributed by atoms with Crippen molar-refractivity contribution in [3.05, 3.63) is 71.4 Å². The van der Waals surface area contributed by atoms with E-state index in [1.165, 1.54) is 16.9 Å². The van der Waals surface area contributed by atoms with E-state index in [0.29, 0.717) is 35.0 Å². The highest BCUT2D eigenvalue weighted by molar-refractivity contribution is 5.95. The summed E-state index contributed by atoms with van der Waals surface area (Å²) in [4.78, 5) is 17.1. The fraction of sp³-hybridized carbons (Fsp3) is 0.320. The van der Waals surface area contributed by atoms with Gasteiger partial charge in [0, 0.05) is 11.6 Å². The van der Waals surface area contributed by atoms with Crippen molar-refractivity contribution in [1.29, 1.82) is 0 Å². The molecule has 1 atom stereocenters. The number of para-hydroxylation sites is 1. The van der Waals surface area contributed by atoms with Gasteiger partial charge >= 0.3 is 6.18 Å². The Hall–Kier alpha value is -3.82. The van der Waals surface area contributed by atoms with E-state index >= 15 is 0 Å². The van der Waals surface area contributed by atoms with Gasteiger partial charge in [-0.05, 0) is 44.0 Å². The minimum absolute atomic E-state index is 0.155. The van der Waals surface area contributed by atoms with Crippen LogP contribution in [0.4, 0.5) is 13.2 Å². The summed E-state index contributed by atoms with van der Waals surface area (Å²) < 4.78 is 51.7. The van der Waals surface area contributed by atoms with Crippen LogP contribution < -0.4 is 10.1 Å². The molecule has 0 fully saturated rings. The van der Waals surface area contributed by atoms with Gasteiger partial charge in [-0.15, -0.1) is 0 Å². The van der Waals surface area contributed by atoms with Crippen LogP contribution >= 0.6 is 0 Å². The average Bonchev–Trinajstić information content (AvgIpc) is 3.44. The van der Waals surface area contributed by atoms with Crippen molar-refractivity contribution in [2.24, 2.45) is 0 Å². The predicted octanol–water partition coefficient (Wildman–Crippen LogP) is 6.05. The highest BCUT2D eigenvalue weighted by atomic mass is 19.4. The van der Waals surface area contributed by atoms with E-state index in [1.54, 1.807) is 6.92 Å². The maximum absolute atomic E-state index is 13.2. The Morgan fingerprint density at radius 2 is 1.94 bits per heavy atom. The quantitative estimate of drug-likeness (QED) is 0.344. The van der Waals surface area contributed by atoms with E-state index in [9.17, 15) is 18.0 Å². The largest absolute Gasteiger partial charge is 0.490 e. The summed E-state index contributed by atoms with van der Waals surface area (Å²) >= 11 is 0. The zero-order chi connectivity index (χ0) is 25.3. The molecule has 184 valence electrons. The zero-order valence-corrected chi connectivity index (χ0v) is 19.7. The van der Waals surface area contributed by atoms with E-state index in [2.05, 4.69) is 15.4 Å². The lowest BCUT2D eigenvalue weighted by Gasteiger charge is -2.15. The van der Waals surface area contributed by atoms with Crippen LogP contribution in [-0.2, 0) is 6.18 Å². The SMILES string of the molecule is CCOc1cccc2cc(C(C)NC(=O)c3cnn(-c4ccc(C(F)(F)F)cn4)c3C(C)C)oc12. The molecule has 3 heterocycles. The molecule has 0 aliphatic heterocycles. The summed E-state index contributed by atoms with van der Waals surface area (Å²) in [6.45, 7) is 7.92. The molecule has 3 aromatic heterocycles. The fourth-order valence-electron chi connectivity index (χ4n) is 3.83. The van der Waals surface area contributed by atoms with Crippen molar-refractivity contribution < 1.29 is 27.1 Å². The van der Waals surface area contributed by atoms with Gasteiger partial charge in [0.2, 0.25) is 0 Å². The summed E-state index contributed by atoms with van der Waals surface area (Å²) in [6, 6.07) is 9.15. The molecule has 1 unspecified atom stereocenters. The van der Waals surface area contributed by atoms with Crippen molar-refractivity contribution >= 4 is 16.9 Å². The van der Waals surface area contributed by atoms with Crippen LogP contribution in [0.5, 0.6) is 5.75 Å². The maximum Gasteiger partial charge on any atom is 0.417 e. The third-order valence-electron chi connectivity index (χ3n) is 5.49. The minimum atomic E-state index is -4.49. The van der Waals surface area contributed by atoms with E-state index in [-0.39, 0.29) is 17.6 Å². The number of ether oxygens (including phenoxy) is 1. The Bertz CT molecular complexity index is 1340. The summed E-state index contributed by atoms with van der Waals surface area (Å²) in [7, 11) is 0. The lowest BCUT2D eigenvalue weighted by Crippen LogP contribution is -2.27. The fourth-order valence-corrected chi connectivity index (χ4v) is 3.83. The number of hydrogen-bond donors (Lipinski definition) is 1. The van der Waals surface area contributed by atoms with E-state index in [4.69, 9.17) is 9.15 Å². The number of fused-ring (bicyclic) bond motifs is 1. The van der Waals surface area contributed by atoms with E-state index in [0.717, 1.165) is 17.6 Å². The molecule has 0 spiro atoms. The van der Waals surface area contributed by atoms with Gasteiger partial charge in [0.1, 0.15) is 5.76 Å². The first-order valence-electron chi connectivity index (χ1n) is 11.2. The minimum Gasteiger partial charge on any atom is -0.490 e. The number of halogens is 3. The first kappa shape index (κ1) is 24.3. The Morgan fingerprint density at radius 3 is 2.57 bits per heavy atom. The molecule has 10 heteroatoms. The van der Waals surface area contributed by atoms with Crippen molar-refractivity contribution in [2.75, 3.05) is 6.61 Å². The molecule has 4 rings (SSSR count). The molecule has 0 aliphatic rings. The number of aromatic nitrogens is 3. The third-order valence-corrected chi connectivity index (χ3v) is 5.49. The van der Waals surface area contributed by atoms with Gasteiger partial charge in [-0.1, -0.05) is 26.0 Å². The van der Waals surface area contributed by atoms with Gasteiger partial charge in [-0.25, -0.2) is 9.67 Å². The first-order chi connectivity index (χ1) is 16.6. The number of carbonyl (C=O) groups is 1. The lowest BCUT2D eigenvalue weighted by atomic mass is 10.0. The van der Waals surface area contributed by atoms with E-state index < -0.39 is 17.8 Å². The maximum atomic E-state index is 13.2. The number of amides is 1. The van der Waals surface area contributed by atoms with Crippen LogP contribution in [0.25, 0.3) is 16.8 Å². The van der Waals surface area contributed by atoms with Crippen molar-refractivity contribution in [1.82, 2.24) is 20.1 Å².